The third kappa shape index (κ3) is 1.03. The molecule has 0 heterocycles. The largest absolute Gasteiger partial charge is 0.468 e. The zero-order valence-electron chi connectivity index (χ0n) is 8.16. The molecule has 0 unspecified atom stereocenters. The summed E-state index contributed by atoms with van der Waals surface area (Å²) < 4.78 is 4.67. The molecule has 14 heavy (non-hydrogen) atoms. The van der Waals surface area contributed by atoms with Gasteiger partial charge in [0.1, 0.15) is 5.41 Å². The molecule has 2 aliphatic carbocycles. The average molecular weight is 198 g/mol. The van der Waals surface area contributed by atoms with E-state index < -0.39 is 17.5 Å². The topological polar surface area (TPSA) is 63.6 Å². The second kappa shape index (κ2) is 3.05. The molecule has 4 nitrogen and oxygen atoms in total. The summed E-state index contributed by atoms with van der Waals surface area (Å²) in [5, 5.41) is 9.56. The first kappa shape index (κ1) is 9.65. The minimum Gasteiger partial charge on any atom is -0.468 e. The number of aliphatic hydroxyl groups is 1. The van der Waals surface area contributed by atoms with Crippen molar-refractivity contribution in [2.75, 3.05) is 7.11 Å². The van der Waals surface area contributed by atoms with E-state index in [4.69, 9.17) is 0 Å². The van der Waals surface area contributed by atoms with Crippen molar-refractivity contribution < 1.29 is 19.4 Å². The van der Waals surface area contributed by atoms with Crippen LogP contribution in [0.3, 0.4) is 0 Å². The van der Waals surface area contributed by atoms with Crippen LogP contribution in [0, 0.1) is 11.3 Å². The monoisotopic (exact) mass is 198 g/mol. The van der Waals surface area contributed by atoms with E-state index in [0.717, 1.165) is 0 Å². The summed E-state index contributed by atoms with van der Waals surface area (Å²) in [5.41, 5.74) is -0.918. The van der Waals surface area contributed by atoms with Crippen molar-refractivity contribution >= 4 is 11.8 Å². The molecule has 2 rings (SSSR count). The van der Waals surface area contributed by atoms with Crippen LogP contribution in [0.15, 0.2) is 0 Å². The van der Waals surface area contributed by atoms with E-state index in [2.05, 4.69) is 4.74 Å². The zero-order valence-corrected chi connectivity index (χ0v) is 8.16. The van der Waals surface area contributed by atoms with E-state index >= 15 is 0 Å². The first-order valence-corrected chi connectivity index (χ1v) is 4.92. The van der Waals surface area contributed by atoms with Gasteiger partial charge in [-0.2, -0.15) is 0 Å². The molecule has 0 aromatic heterocycles. The molecule has 2 saturated carbocycles. The number of carbonyl (C=O) groups is 2. The lowest BCUT2D eigenvalue weighted by Crippen LogP contribution is -2.44. The lowest BCUT2D eigenvalue weighted by molar-refractivity contribution is -0.160. The molecule has 0 radical (unpaired) electrons. The summed E-state index contributed by atoms with van der Waals surface area (Å²) in [6, 6.07) is 0. The Morgan fingerprint density at radius 2 is 2.14 bits per heavy atom. The zero-order chi connectivity index (χ0) is 10.3. The van der Waals surface area contributed by atoms with Crippen molar-refractivity contribution in [3.05, 3.63) is 0 Å². The number of fused-ring (bicyclic) bond motifs is 2. The highest BCUT2D eigenvalue weighted by atomic mass is 16.5. The van der Waals surface area contributed by atoms with Gasteiger partial charge in [0.25, 0.3) is 0 Å². The summed E-state index contributed by atoms with van der Waals surface area (Å²) in [4.78, 5) is 23.4. The average Bonchev–Trinajstić information content (AvgIpc) is 2.40. The first-order chi connectivity index (χ1) is 6.62. The predicted octanol–water partition coefficient (Wildman–Crippen LogP) is 0.280. The summed E-state index contributed by atoms with van der Waals surface area (Å²) in [6.45, 7) is 0. The van der Waals surface area contributed by atoms with Crippen LogP contribution >= 0.6 is 0 Å². The third-order valence-electron chi connectivity index (χ3n) is 3.60. The van der Waals surface area contributed by atoms with Gasteiger partial charge in [-0.3, -0.25) is 9.59 Å². The van der Waals surface area contributed by atoms with E-state index in [-0.39, 0.29) is 11.7 Å². The number of ketones is 1. The number of esters is 1. The van der Waals surface area contributed by atoms with E-state index in [9.17, 15) is 14.7 Å². The number of aliphatic hydroxyl groups excluding tert-OH is 1. The Balaban J connectivity index is 2.30. The van der Waals surface area contributed by atoms with Crippen molar-refractivity contribution in [3.8, 4) is 0 Å². The van der Waals surface area contributed by atoms with Crippen LogP contribution in [0.5, 0.6) is 0 Å². The quantitative estimate of drug-likeness (QED) is 0.485. The highest BCUT2D eigenvalue weighted by Gasteiger charge is 2.58. The van der Waals surface area contributed by atoms with Crippen LogP contribution in [0.4, 0.5) is 0 Å². The van der Waals surface area contributed by atoms with Crippen LogP contribution in [-0.2, 0) is 14.3 Å². The number of hydrogen-bond acceptors (Lipinski definition) is 4. The lowest BCUT2D eigenvalue weighted by atomic mass is 9.73. The molecule has 2 bridgehead atoms. The van der Waals surface area contributed by atoms with Crippen molar-refractivity contribution in [3.63, 3.8) is 0 Å². The molecule has 2 aliphatic rings. The lowest BCUT2D eigenvalue weighted by Gasteiger charge is -2.31. The maximum atomic E-state index is 11.9. The number of methoxy groups -OCH3 is 1. The summed E-state index contributed by atoms with van der Waals surface area (Å²) in [7, 11) is 1.31. The Hall–Kier alpha value is -0.900. The second-order valence-corrected chi connectivity index (χ2v) is 4.19. The minimum absolute atomic E-state index is 0.108. The number of rotatable bonds is 1. The minimum atomic E-state index is -0.918. The molecular weight excluding hydrogens is 184 g/mol. The van der Waals surface area contributed by atoms with Gasteiger partial charge in [-0.05, 0) is 25.7 Å². The molecule has 3 atom stereocenters. The van der Waals surface area contributed by atoms with Crippen LogP contribution < -0.4 is 0 Å². The molecule has 0 spiro atoms. The molecule has 0 aromatic rings. The van der Waals surface area contributed by atoms with Crippen molar-refractivity contribution in [2.24, 2.45) is 11.3 Å². The standard InChI is InChI=1S/C10H14O4/c1-14-9(13)10-4-2-6(8(10)12)7(11)3-5-10/h6-7,11H,2-5H2,1H3/t6-,7-,10+/m0/s1. The molecule has 0 amide bonds. The van der Waals surface area contributed by atoms with Gasteiger partial charge in [0.05, 0.1) is 13.2 Å². The Bertz CT molecular complexity index is 286. The number of ether oxygens (including phenoxy) is 1. The van der Waals surface area contributed by atoms with E-state index in [0.29, 0.717) is 25.7 Å². The fraction of sp³-hybridized carbons (Fsp3) is 0.800. The van der Waals surface area contributed by atoms with Crippen LogP contribution in [0.25, 0.3) is 0 Å². The Labute approximate surface area is 82.2 Å². The van der Waals surface area contributed by atoms with Crippen LogP contribution in [0.2, 0.25) is 0 Å². The van der Waals surface area contributed by atoms with Gasteiger partial charge in [0.15, 0.2) is 5.78 Å². The Kier molecular flexibility index (Phi) is 2.10. The first-order valence-electron chi connectivity index (χ1n) is 4.92. The summed E-state index contributed by atoms with van der Waals surface area (Å²) in [6.07, 6.45) is 1.58. The highest BCUT2D eigenvalue weighted by Crippen LogP contribution is 2.49. The van der Waals surface area contributed by atoms with Gasteiger partial charge in [-0.15, -0.1) is 0 Å². The smallest absolute Gasteiger partial charge is 0.319 e. The van der Waals surface area contributed by atoms with E-state index in [1.807, 2.05) is 0 Å². The predicted molar refractivity (Wildman–Crippen MR) is 47.4 cm³/mol. The van der Waals surface area contributed by atoms with Gasteiger partial charge in [0, 0.05) is 5.92 Å². The molecule has 4 heteroatoms. The van der Waals surface area contributed by atoms with Crippen LogP contribution in [-0.4, -0.2) is 30.1 Å². The Morgan fingerprint density at radius 1 is 1.50 bits per heavy atom. The maximum Gasteiger partial charge on any atom is 0.319 e. The number of Topliss-reactive ketones (excluding diaryl/α,β-unsaturated/α-hetero) is 1. The SMILES string of the molecule is COC(=O)[C@@]12CC[C@H](C1=O)[C@@H](O)CC2. The number of hydrogen-bond donors (Lipinski definition) is 1. The normalized spacial score (nSPS) is 41.1. The fourth-order valence-corrected chi connectivity index (χ4v) is 2.72. The van der Waals surface area contributed by atoms with E-state index in [1.165, 1.54) is 7.11 Å². The molecule has 78 valence electrons. The van der Waals surface area contributed by atoms with Gasteiger partial charge < -0.3 is 9.84 Å². The summed E-state index contributed by atoms with van der Waals surface area (Å²) in [5.74, 6) is -0.858. The third-order valence-corrected chi connectivity index (χ3v) is 3.60. The molecule has 0 aliphatic heterocycles. The Morgan fingerprint density at radius 3 is 2.79 bits per heavy atom. The number of carbonyl (C=O) groups excluding carboxylic acids is 2. The fourth-order valence-electron chi connectivity index (χ4n) is 2.72. The van der Waals surface area contributed by atoms with Gasteiger partial charge in [0.2, 0.25) is 0 Å². The van der Waals surface area contributed by atoms with Crippen molar-refractivity contribution in [1.29, 1.82) is 0 Å². The van der Waals surface area contributed by atoms with Crippen molar-refractivity contribution in [1.82, 2.24) is 0 Å². The van der Waals surface area contributed by atoms with Crippen molar-refractivity contribution in [2.45, 2.75) is 31.8 Å². The molecule has 1 N–H and O–H groups in total. The molecular formula is C10H14O4. The second-order valence-electron chi connectivity index (χ2n) is 4.19. The maximum absolute atomic E-state index is 11.9. The molecule has 0 aromatic carbocycles. The van der Waals surface area contributed by atoms with Gasteiger partial charge in [-0.25, -0.2) is 0 Å². The molecule has 2 fully saturated rings. The van der Waals surface area contributed by atoms with Crippen LogP contribution in [0.1, 0.15) is 25.7 Å². The van der Waals surface area contributed by atoms with Gasteiger partial charge >= 0.3 is 5.97 Å². The van der Waals surface area contributed by atoms with E-state index in [1.54, 1.807) is 0 Å². The van der Waals surface area contributed by atoms with Gasteiger partial charge in [-0.1, -0.05) is 0 Å². The summed E-state index contributed by atoms with van der Waals surface area (Å²) >= 11 is 0. The molecule has 0 saturated heterocycles. The highest BCUT2D eigenvalue weighted by molar-refractivity contribution is 6.07.